The summed E-state index contributed by atoms with van der Waals surface area (Å²) in [4.78, 5) is 67.9. The van der Waals surface area contributed by atoms with Gasteiger partial charge in [-0.2, -0.15) is 0 Å². The fraction of sp³-hybridized carbons (Fsp3) is 0.424. The van der Waals surface area contributed by atoms with E-state index in [0.717, 1.165) is 33.2 Å². The number of imide groups is 2. The number of fused-ring (bicyclic) bond motifs is 1. The minimum absolute atomic E-state index is 0.156. The number of carbonyl (C=O) groups excluding carboxylic acids is 5. The van der Waals surface area contributed by atoms with Gasteiger partial charge in [0.1, 0.15) is 12.2 Å². The molecule has 0 atom stereocenters. The average Bonchev–Trinajstić information content (AvgIpc) is 3.17. The smallest absolute Gasteiger partial charge is 0.334 e. The number of esters is 2. The number of anilines is 1. The first-order chi connectivity index (χ1) is 20.3. The Kier molecular flexibility index (Phi) is 10.9. The summed E-state index contributed by atoms with van der Waals surface area (Å²) in [5, 5.41) is 0. The molecule has 0 N–H and O–H groups in total. The third kappa shape index (κ3) is 7.31. The highest BCUT2D eigenvalue weighted by molar-refractivity contribution is 6.28. The van der Waals surface area contributed by atoms with Crippen molar-refractivity contribution < 1.29 is 33.4 Å². The molecule has 3 rings (SSSR count). The van der Waals surface area contributed by atoms with E-state index in [0.29, 0.717) is 25.0 Å². The summed E-state index contributed by atoms with van der Waals surface area (Å²) in [6, 6.07) is 7.20. The second kappa shape index (κ2) is 14.1. The van der Waals surface area contributed by atoms with Gasteiger partial charge in [0.25, 0.3) is 11.8 Å². The van der Waals surface area contributed by atoms with Crippen LogP contribution in [0.25, 0.3) is 0 Å². The van der Waals surface area contributed by atoms with Gasteiger partial charge in [-0.05, 0) is 50.5 Å². The van der Waals surface area contributed by atoms with Gasteiger partial charge in [0.2, 0.25) is 0 Å². The van der Waals surface area contributed by atoms with E-state index in [9.17, 15) is 24.0 Å². The van der Waals surface area contributed by atoms with E-state index in [1.165, 1.54) is 13.0 Å². The average molecular weight is 592 g/mol. The lowest BCUT2D eigenvalue weighted by Crippen LogP contribution is -2.57. The van der Waals surface area contributed by atoms with Crippen LogP contribution in [0.4, 0.5) is 10.5 Å². The van der Waals surface area contributed by atoms with Crippen molar-refractivity contribution in [2.75, 3.05) is 37.7 Å². The Morgan fingerprint density at radius 1 is 0.814 bits per heavy atom. The van der Waals surface area contributed by atoms with E-state index in [1.54, 1.807) is 13.0 Å². The van der Waals surface area contributed by atoms with Crippen LogP contribution in [0.15, 0.2) is 72.0 Å². The predicted molar refractivity (Wildman–Crippen MR) is 163 cm³/mol. The van der Waals surface area contributed by atoms with Crippen LogP contribution in [-0.4, -0.2) is 72.4 Å². The van der Waals surface area contributed by atoms with E-state index in [4.69, 9.17) is 9.47 Å². The fourth-order valence-corrected chi connectivity index (χ4v) is 4.96. The monoisotopic (exact) mass is 591 g/mol. The van der Waals surface area contributed by atoms with Gasteiger partial charge in [-0.3, -0.25) is 19.4 Å². The van der Waals surface area contributed by atoms with E-state index >= 15 is 0 Å². The number of unbranched alkanes of at least 4 members (excludes halogenated alkanes) is 1. The van der Waals surface area contributed by atoms with Crippen molar-refractivity contribution in [1.82, 2.24) is 9.80 Å². The zero-order valence-electron chi connectivity index (χ0n) is 25.7. The molecule has 0 unspecified atom stereocenters. The van der Waals surface area contributed by atoms with Gasteiger partial charge in [-0.25, -0.2) is 14.4 Å². The molecule has 1 aromatic rings. The number of barbiturate groups is 1. The first kappa shape index (κ1) is 33.0. The van der Waals surface area contributed by atoms with Crippen molar-refractivity contribution in [2.45, 2.75) is 59.3 Å². The van der Waals surface area contributed by atoms with Gasteiger partial charge in [0, 0.05) is 41.0 Å². The minimum Gasteiger partial charge on any atom is -0.462 e. The number of carbonyl (C=O) groups is 5. The van der Waals surface area contributed by atoms with Crippen LogP contribution in [-0.2, 0) is 34.1 Å². The van der Waals surface area contributed by atoms with Gasteiger partial charge in [0.05, 0.1) is 13.2 Å². The van der Waals surface area contributed by atoms with Crippen LogP contribution >= 0.6 is 0 Å². The molecule has 2 aliphatic heterocycles. The van der Waals surface area contributed by atoms with Crippen LogP contribution in [0.5, 0.6) is 0 Å². The second-order valence-electron chi connectivity index (χ2n) is 11.2. The lowest BCUT2D eigenvalue weighted by atomic mass is 9.83. The molecule has 1 saturated heterocycles. The molecule has 0 saturated carbocycles. The first-order valence-corrected chi connectivity index (χ1v) is 14.4. The molecule has 10 heteroatoms. The summed E-state index contributed by atoms with van der Waals surface area (Å²) in [6.45, 7) is 16.7. The van der Waals surface area contributed by atoms with E-state index in [1.807, 2.05) is 31.2 Å². The molecule has 0 radical (unpaired) electrons. The summed E-state index contributed by atoms with van der Waals surface area (Å²) in [5.74, 6) is -2.49. The quantitative estimate of drug-likeness (QED) is 0.139. The first-order valence-electron chi connectivity index (χ1n) is 14.4. The number of nitrogens with zero attached hydrogens (tertiary/aromatic N) is 3. The van der Waals surface area contributed by atoms with Crippen molar-refractivity contribution in [2.24, 2.45) is 0 Å². The van der Waals surface area contributed by atoms with Crippen LogP contribution in [0, 0.1) is 0 Å². The van der Waals surface area contributed by atoms with Crippen molar-refractivity contribution in [3.05, 3.63) is 77.6 Å². The zero-order chi connectivity index (χ0) is 31.9. The van der Waals surface area contributed by atoms with Crippen molar-refractivity contribution in [1.29, 1.82) is 0 Å². The van der Waals surface area contributed by atoms with Crippen LogP contribution < -0.4 is 4.90 Å². The van der Waals surface area contributed by atoms with Gasteiger partial charge in [-0.1, -0.05) is 58.5 Å². The Balaban J connectivity index is 1.95. The molecule has 230 valence electrons. The maximum Gasteiger partial charge on any atom is 0.334 e. The molecule has 4 amide bonds. The standard InChI is InChI=1S/C33H41N3O7/c1-8-9-17-35-28(37)24(29(38)36(32(35)41)19-21-43-31(40)23(4)5)15-16-27-33(6,7)25-13-10-11-14-26(25)34(27)18-12-20-42-30(39)22(2)3/h10-11,13-16H,2,4,8-9,12,17-21H2,1,3,5-7H3/b24-15+,27-16+. The Morgan fingerprint density at radius 3 is 1.98 bits per heavy atom. The summed E-state index contributed by atoms with van der Waals surface area (Å²) in [5.41, 5.74) is 2.78. The van der Waals surface area contributed by atoms with E-state index in [-0.39, 0.29) is 37.4 Å². The van der Waals surface area contributed by atoms with Crippen LogP contribution in [0.1, 0.15) is 59.4 Å². The number of allylic oxidation sites excluding steroid dienone is 3. The van der Waals surface area contributed by atoms with Crippen molar-refractivity contribution in [3.8, 4) is 0 Å². The Labute approximate surface area is 253 Å². The number of urea groups is 1. The third-order valence-electron chi connectivity index (χ3n) is 7.36. The van der Waals surface area contributed by atoms with Crippen LogP contribution in [0.2, 0.25) is 0 Å². The second-order valence-corrected chi connectivity index (χ2v) is 11.2. The SMILES string of the molecule is C=C(C)C(=O)OCCCN1/C(=C/C=C2\C(=O)N(CCCC)C(=O)N(CCOC(=O)C(=C)C)C2=O)C(C)(C)c2ccccc21. The van der Waals surface area contributed by atoms with Crippen molar-refractivity contribution >= 4 is 35.5 Å². The van der Waals surface area contributed by atoms with Crippen LogP contribution in [0.3, 0.4) is 0 Å². The van der Waals surface area contributed by atoms with Gasteiger partial charge < -0.3 is 14.4 Å². The molecule has 43 heavy (non-hydrogen) atoms. The number of rotatable bonds is 13. The molecule has 1 fully saturated rings. The number of para-hydroxylation sites is 1. The summed E-state index contributed by atoms with van der Waals surface area (Å²) >= 11 is 0. The van der Waals surface area contributed by atoms with E-state index in [2.05, 4.69) is 31.9 Å². The highest BCUT2D eigenvalue weighted by Crippen LogP contribution is 2.47. The Morgan fingerprint density at radius 2 is 1.37 bits per heavy atom. The molecular weight excluding hydrogens is 550 g/mol. The maximum atomic E-state index is 13.5. The molecule has 2 heterocycles. The summed E-state index contributed by atoms with van der Waals surface area (Å²) in [6.07, 6.45) is 5.07. The zero-order valence-corrected chi connectivity index (χ0v) is 25.7. The third-order valence-corrected chi connectivity index (χ3v) is 7.36. The van der Waals surface area contributed by atoms with E-state index < -0.39 is 35.2 Å². The Hall–Kier alpha value is -4.47. The maximum absolute atomic E-state index is 13.5. The summed E-state index contributed by atoms with van der Waals surface area (Å²) < 4.78 is 10.4. The number of ether oxygens (including phenoxy) is 2. The predicted octanol–water partition coefficient (Wildman–Crippen LogP) is 4.81. The van der Waals surface area contributed by atoms with Gasteiger partial charge >= 0.3 is 18.0 Å². The Bertz CT molecular complexity index is 1390. The highest BCUT2D eigenvalue weighted by Gasteiger charge is 2.43. The number of hydrogen-bond acceptors (Lipinski definition) is 8. The van der Waals surface area contributed by atoms with Crippen molar-refractivity contribution in [3.63, 3.8) is 0 Å². The minimum atomic E-state index is -0.752. The highest BCUT2D eigenvalue weighted by atomic mass is 16.5. The summed E-state index contributed by atoms with van der Waals surface area (Å²) in [7, 11) is 0. The van der Waals surface area contributed by atoms with Gasteiger partial charge in [-0.15, -0.1) is 0 Å². The normalized spacial score (nSPS) is 17.9. The molecular formula is C33H41N3O7. The largest absolute Gasteiger partial charge is 0.462 e. The van der Waals surface area contributed by atoms with Gasteiger partial charge in [0.15, 0.2) is 0 Å². The molecule has 2 aliphatic rings. The topological polar surface area (TPSA) is 114 Å². The lowest BCUT2D eigenvalue weighted by molar-refractivity contribution is -0.142. The lowest BCUT2D eigenvalue weighted by Gasteiger charge is -2.34. The molecule has 0 aliphatic carbocycles. The molecule has 0 spiro atoms. The molecule has 10 nitrogen and oxygen atoms in total. The fourth-order valence-electron chi connectivity index (χ4n) is 4.96. The number of hydrogen-bond donors (Lipinski definition) is 0. The molecule has 1 aromatic carbocycles. The molecule has 0 aromatic heterocycles. The molecule has 0 bridgehead atoms. The number of amides is 4. The number of benzene rings is 1.